The summed E-state index contributed by atoms with van der Waals surface area (Å²) in [6.07, 6.45) is 1.95. The molecule has 0 aromatic carbocycles. The van der Waals surface area contributed by atoms with E-state index in [4.69, 9.17) is 9.72 Å². The second-order valence-corrected chi connectivity index (χ2v) is 5.91. The maximum atomic E-state index is 11.4. The third-order valence-corrected chi connectivity index (χ3v) is 4.36. The van der Waals surface area contributed by atoms with Gasteiger partial charge in [0.25, 0.3) is 0 Å². The van der Waals surface area contributed by atoms with Gasteiger partial charge in [-0.1, -0.05) is 6.07 Å². The fourth-order valence-electron chi connectivity index (χ4n) is 3.02. The zero-order chi connectivity index (χ0) is 15.4. The first kappa shape index (κ1) is 15.1. The number of carbonyl (C=O) groups excluding carboxylic acids is 1. The molecule has 0 radical (unpaired) electrons. The summed E-state index contributed by atoms with van der Waals surface area (Å²) in [6.45, 7) is 6.63. The molecule has 2 aliphatic rings. The Hall–Kier alpha value is -1.82. The number of morpholine rings is 1. The molecular weight excluding hydrogens is 280 g/mol. The summed E-state index contributed by atoms with van der Waals surface area (Å²) in [4.78, 5) is 20.3. The molecule has 3 heterocycles. The number of anilines is 2. The first-order chi connectivity index (χ1) is 10.7. The highest BCUT2D eigenvalue weighted by molar-refractivity contribution is 5.73. The molecule has 6 heteroatoms. The fraction of sp³-hybridized carbons (Fsp3) is 0.625. The van der Waals surface area contributed by atoms with E-state index in [0.717, 1.165) is 63.9 Å². The SMILES string of the molecule is CC(=O)N1CCC(Nc2cccc(N3CCOCC3)n2)CC1. The lowest BCUT2D eigenvalue weighted by Gasteiger charge is -2.32. The van der Waals surface area contributed by atoms with Crippen LogP contribution in [0.4, 0.5) is 11.6 Å². The molecule has 2 saturated heterocycles. The van der Waals surface area contributed by atoms with Gasteiger partial charge in [0.15, 0.2) is 0 Å². The lowest BCUT2D eigenvalue weighted by Crippen LogP contribution is -2.41. The Balaban J connectivity index is 1.58. The maximum absolute atomic E-state index is 11.4. The van der Waals surface area contributed by atoms with Gasteiger partial charge in [0.05, 0.1) is 13.2 Å². The van der Waals surface area contributed by atoms with Gasteiger partial charge in [0, 0.05) is 39.1 Å². The normalized spacial score (nSPS) is 20.0. The Morgan fingerprint density at radius 3 is 2.64 bits per heavy atom. The number of amides is 1. The molecule has 0 spiro atoms. The van der Waals surface area contributed by atoms with Crippen LogP contribution in [0.1, 0.15) is 19.8 Å². The number of pyridine rings is 1. The molecule has 3 rings (SSSR count). The molecule has 1 N–H and O–H groups in total. The van der Waals surface area contributed by atoms with Crippen LogP contribution in [0.25, 0.3) is 0 Å². The predicted octanol–water partition coefficient (Wildman–Crippen LogP) is 1.34. The van der Waals surface area contributed by atoms with E-state index in [9.17, 15) is 4.79 Å². The molecule has 22 heavy (non-hydrogen) atoms. The number of rotatable bonds is 3. The van der Waals surface area contributed by atoms with Crippen molar-refractivity contribution in [2.45, 2.75) is 25.8 Å². The minimum absolute atomic E-state index is 0.172. The van der Waals surface area contributed by atoms with Crippen LogP contribution in [0, 0.1) is 0 Å². The lowest BCUT2D eigenvalue weighted by atomic mass is 10.1. The van der Waals surface area contributed by atoms with Crippen molar-refractivity contribution in [1.29, 1.82) is 0 Å². The van der Waals surface area contributed by atoms with Crippen LogP contribution >= 0.6 is 0 Å². The molecule has 1 aromatic heterocycles. The van der Waals surface area contributed by atoms with E-state index < -0.39 is 0 Å². The van der Waals surface area contributed by atoms with Gasteiger partial charge in [-0.15, -0.1) is 0 Å². The molecule has 1 amide bonds. The van der Waals surface area contributed by atoms with Gasteiger partial charge in [-0.25, -0.2) is 4.98 Å². The zero-order valence-electron chi connectivity index (χ0n) is 13.1. The van der Waals surface area contributed by atoms with Gasteiger partial charge in [0.1, 0.15) is 11.6 Å². The highest BCUT2D eigenvalue weighted by atomic mass is 16.5. The summed E-state index contributed by atoms with van der Waals surface area (Å²) in [5.41, 5.74) is 0. The van der Waals surface area contributed by atoms with Crippen molar-refractivity contribution in [2.24, 2.45) is 0 Å². The topological polar surface area (TPSA) is 57.7 Å². The average Bonchev–Trinajstić information content (AvgIpc) is 2.56. The summed E-state index contributed by atoms with van der Waals surface area (Å²) >= 11 is 0. The quantitative estimate of drug-likeness (QED) is 0.913. The van der Waals surface area contributed by atoms with E-state index in [1.54, 1.807) is 6.92 Å². The van der Waals surface area contributed by atoms with Gasteiger partial charge in [0.2, 0.25) is 5.91 Å². The van der Waals surface area contributed by atoms with Crippen molar-refractivity contribution in [3.63, 3.8) is 0 Å². The Morgan fingerprint density at radius 1 is 1.23 bits per heavy atom. The van der Waals surface area contributed by atoms with Gasteiger partial charge in [-0.3, -0.25) is 4.79 Å². The second kappa shape index (κ2) is 6.96. The zero-order valence-corrected chi connectivity index (χ0v) is 13.1. The smallest absolute Gasteiger partial charge is 0.219 e. The lowest BCUT2D eigenvalue weighted by molar-refractivity contribution is -0.129. The summed E-state index contributed by atoms with van der Waals surface area (Å²) < 4.78 is 5.39. The standard InChI is InChI=1S/C16H24N4O2/c1-13(21)19-7-5-14(6-8-19)17-15-3-2-4-16(18-15)20-9-11-22-12-10-20/h2-4,14H,5-12H2,1H3,(H,17,18). The molecule has 2 fully saturated rings. The Kier molecular flexibility index (Phi) is 4.77. The summed E-state index contributed by atoms with van der Waals surface area (Å²) in [6, 6.07) is 6.50. The molecule has 0 bridgehead atoms. The van der Waals surface area contributed by atoms with E-state index in [2.05, 4.69) is 16.3 Å². The van der Waals surface area contributed by atoms with Gasteiger partial charge in [-0.2, -0.15) is 0 Å². The summed E-state index contributed by atoms with van der Waals surface area (Å²) in [5.74, 6) is 2.10. The number of nitrogens with zero attached hydrogens (tertiary/aromatic N) is 3. The molecule has 6 nitrogen and oxygen atoms in total. The maximum Gasteiger partial charge on any atom is 0.219 e. The van der Waals surface area contributed by atoms with Crippen LogP contribution in [0.3, 0.4) is 0 Å². The van der Waals surface area contributed by atoms with Crippen molar-refractivity contribution in [1.82, 2.24) is 9.88 Å². The number of hydrogen-bond donors (Lipinski definition) is 1. The number of hydrogen-bond acceptors (Lipinski definition) is 5. The monoisotopic (exact) mass is 304 g/mol. The van der Waals surface area contributed by atoms with Crippen molar-refractivity contribution < 1.29 is 9.53 Å². The van der Waals surface area contributed by atoms with Crippen LogP contribution in [0.2, 0.25) is 0 Å². The highest BCUT2D eigenvalue weighted by Crippen LogP contribution is 2.19. The minimum atomic E-state index is 0.172. The molecule has 0 saturated carbocycles. The highest BCUT2D eigenvalue weighted by Gasteiger charge is 2.21. The number of nitrogens with one attached hydrogen (secondary N) is 1. The van der Waals surface area contributed by atoms with Crippen LogP contribution in [-0.4, -0.2) is 61.2 Å². The molecule has 2 aliphatic heterocycles. The largest absolute Gasteiger partial charge is 0.378 e. The van der Waals surface area contributed by atoms with Gasteiger partial charge >= 0.3 is 0 Å². The Bertz CT molecular complexity index is 509. The van der Waals surface area contributed by atoms with Crippen molar-refractivity contribution in [3.8, 4) is 0 Å². The Labute approximate surface area is 131 Å². The van der Waals surface area contributed by atoms with Crippen LogP contribution in [-0.2, 0) is 9.53 Å². The van der Waals surface area contributed by atoms with Crippen LogP contribution in [0.5, 0.6) is 0 Å². The molecular formula is C16H24N4O2. The third kappa shape index (κ3) is 3.68. The first-order valence-corrected chi connectivity index (χ1v) is 8.04. The van der Waals surface area contributed by atoms with Crippen molar-refractivity contribution in [3.05, 3.63) is 18.2 Å². The third-order valence-electron chi connectivity index (χ3n) is 4.36. The van der Waals surface area contributed by atoms with Gasteiger partial charge in [-0.05, 0) is 25.0 Å². The molecule has 0 atom stereocenters. The summed E-state index contributed by atoms with van der Waals surface area (Å²) in [5, 5.41) is 3.51. The average molecular weight is 304 g/mol. The van der Waals surface area contributed by atoms with Crippen LogP contribution in [0.15, 0.2) is 18.2 Å². The summed E-state index contributed by atoms with van der Waals surface area (Å²) in [7, 11) is 0. The number of likely N-dealkylation sites (tertiary alicyclic amines) is 1. The Morgan fingerprint density at radius 2 is 1.95 bits per heavy atom. The number of ether oxygens (including phenoxy) is 1. The second-order valence-electron chi connectivity index (χ2n) is 5.91. The van der Waals surface area contributed by atoms with Crippen molar-refractivity contribution in [2.75, 3.05) is 49.6 Å². The fourth-order valence-corrected chi connectivity index (χ4v) is 3.02. The van der Waals surface area contributed by atoms with E-state index in [1.807, 2.05) is 17.0 Å². The van der Waals surface area contributed by atoms with Crippen LogP contribution < -0.4 is 10.2 Å². The first-order valence-electron chi connectivity index (χ1n) is 8.04. The van der Waals surface area contributed by atoms with E-state index in [1.165, 1.54) is 0 Å². The molecule has 1 aromatic rings. The molecule has 0 unspecified atom stereocenters. The van der Waals surface area contributed by atoms with E-state index in [0.29, 0.717) is 6.04 Å². The number of aromatic nitrogens is 1. The van der Waals surface area contributed by atoms with E-state index >= 15 is 0 Å². The molecule has 120 valence electrons. The minimum Gasteiger partial charge on any atom is -0.378 e. The number of piperidine rings is 1. The van der Waals surface area contributed by atoms with Gasteiger partial charge < -0.3 is 19.9 Å². The van der Waals surface area contributed by atoms with Crippen molar-refractivity contribution >= 4 is 17.5 Å². The van der Waals surface area contributed by atoms with E-state index in [-0.39, 0.29) is 5.91 Å². The number of carbonyl (C=O) groups is 1. The predicted molar refractivity (Wildman–Crippen MR) is 86.2 cm³/mol. The molecule has 0 aliphatic carbocycles.